The average Bonchev–Trinajstić information content (AvgIpc) is 2.74. The normalized spacial score (nSPS) is 15.4. The largest absolute Gasteiger partial charge is 0.316 e. The van der Waals surface area contributed by atoms with Gasteiger partial charge in [0.05, 0.1) is 5.02 Å². The van der Waals surface area contributed by atoms with Gasteiger partial charge in [-0.15, -0.1) is 11.3 Å². The molecule has 0 spiro atoms. The Balaban J connectivity index is 2.19. The molecule has 0 atom stereocenters. The molecule has 0 amide bonds. The van der Waals surface area contributed by atoms with E-state index in [-0.39, 0.29) is 0 Å². The summed E-state index contributed by atoms with van der Waals surface area (Å²) >= 11 is 8.01. The number of benzene rings is 1. The van der Waals surface area contributed by atoms with Crippen molar-refractivity contribution in [2.75, 3.05) is 13.1 Å². The summed E-state index contributed by atoms with van der Waals surface area (Å²) in [4.78, 5) is 4.40. The third-order valence-corrected chi connectivity index (χ3v) is 4.23. The van der Waals surface area contributed by atoms with Gasteiger partial charge in [-0.05, 0) is 43.1 Å². The molecule has 2 nitrogen and oxygen atoms in total. The van der Waals surface area contributed by atoms with Crippen molar-refractivity contribution in [2.45, 2.75) is 12.8 Å². The minimum atomic E-state index is 0.820. The molecule has 1 aliphatic heterocycles. The SMILES string of the molecule is Clc1ccc2c(c1-c1nccs1)CCNCC2. The summed E-state index contributed by atoms with van der Waals surface area (Å²) in [5.41, 5.74) is 3.92. The molecule has 0 unspecified atom stereocenters. The number of thiazole rings is 1. The van der Waals surface area contributed by atoms with E-state index in [1.165, 1.54) is 11.1 Å². The Morgan fingerprint density at radius 1 is 1.24 bits per heavy atom. The Morgan fingerprint density at radius 3 is 2.94 bits per heavy atom. The minimum absolute atomic E-state index is 0.820. The summed E-state index contributed by atoms with van der Waals surface area (Å²) in [5.74, 6) is 0. The van der Waals surface area contributed by atoms with Gasteiger partial charge in [0, 0.05) is 17.1 Å². The molecule has 1 aromatic heterocycles. The molecule has 1 aliphatic rings. The van der Waals surface area contributed by atoms with Gasteiger partial charge in [0.1, 0.15) is 5.01 Å². The highest BCUT2D eigenvalue weighted by Gasteiger charge is 2.17. The van der Waals surface area contributed by atoms with E-state index in [1.54, 1.807) is 11.3 Å². The molecule has 0 fully saturated rings. The molecular weight excluding hydrogens is 252 g/mol. The highest BCUT2D eigenvalue weighted by atomic mass is 35.5. The number of hydrogen-bond acceptors (Lipinski definition) is 3. The van der Waals surface area contributed by atoms with Crippen molar-refractivity contribution in [3.8, 4) is 10.6 Å². The standard InChI is InChI=1S/C13H13ClN2S/c14-11-2-1-9-3-5-15-6-4-10(9)12(11)13-16-7-8-17-13/h1-2,7-8,15H,3-6H2. The number of fused-ring (bicyclic) bond motifs is 1. The predicted molar refractivity (Wildman–Crippen MR) is 72.8 cm³/mol. The summed E-state index contributed by atoms with van der Waals surface area (Å²) in [6, 6.07) is 4.16. The van der Waals surface area contributed by atoms with Crippen LogP contribution in [0, 0.1) is 0 Å². The second kappa shape index (κ2) is 4.77. The first kappa shape index (κ1) is 11.2. The van der Waals surface area contributed by atoms with Crippen molar-refractivity contribution in [1.29, 1.82) is 0 Å². The highest BCUT2D eigenvalue weighted by Crippen LogP contribution is 2.35. The first-order chi connectivity index (χ1) is 8.36. The first-order valence-corrected chi connectivity index (χ1v) is 7.03. The molecule has 2 aromatic rings. The molecule has 1 aromatic carbocycles. The van der Waals surface area contributed by atoms with Gasteiger partial charge in [-0.1, -0.05) is 17.7 Å². The zero-order valence-electron chi connectivity index (χ0n) is 9.37. The lowest BCUT2D eigenvalue weighted by molar-refractivity contribution is 0.711. The lowest BCUT2D eigenvalue weighted by Gasteiger charge is -2.12. The molecule has 1 N–H and O–H groups in total. The Bertz CT molecular complexity index is 522. The third kappa shape index (κ3) is 2.10. The topological polar surface area (TPSA) is 24.9 Å². The van der Waals surface area contributed by atoms with E-state index in [0.29, 0.717) is 0 Å². The van der Waals surface area contributed by atoms with E-state index in [9.17, 15) is 0 Å². The number of nitrogens with zero attached hydrogens (tertiary/aromatic N) is 1. The quantitative estimate of drug-likeness (QED) is 0.856. The lowest BCUT2D eigenvalue weighted by Crippen LogP contribution is -2.16. The van der Waals surface area contributed by atoms with Crippen LogP contribution in [-0.2, 0) is 12.8 Å². The van der Waals surface area contributed by atoms with Gasteiger partial charge in [-0.3, -0.25) is 0 Å². The summed E-state index contributed by atoms with van der Waals surface area (Å²) in [6.45, 7) is 2.07. The van der Waals surface area contributed by atoms with Crippen LogP contribution in [0.1, 0.15) is 11.1 Å². The monoisotopic (exact) mass is 264 g/mol. The number of rotatable bonds is 1. The van der Waals surface area contributed by atoms with Crippen LogP contribution in [0.25, 0.3) is 10.6 Å². The number of nitrogens with one attached hydrogen (secondary N) is 1. The van der Waals surface area contributed by atoms with Crippen LogP contribution in [0.15, 0.2) is 23.7 Å². The summed E-state index contributed by atoms with van der Waals surface area (Å²) < 4.78 is 0. The Hall–Kier alpha value is -0.900. The fourth-order valence-electron chi connectivity index (χ4n) is 2.32. The average molecular weight is 265 g/mol. The minimum Gasteiger partial charge on any atom is -0.316 e. The van der Waals surface area contributed by atoms with E-state index in [1.807, 2.05) is 17.6 Å². The maximum absolute atomic E-state index is 6.35. The lowest BCUT2D eigenvalue weighted by atomic mass is 9.97. The van der Waals surface area contributed by atoms with Gasteiger partial charge in [0.15, 0.2) is 0 Å². The van der Waals surface area contributed by atoms with Gasteiger partial charge in [0.2, 0.25) is 0 Å². The van der Waals surface area contributed by atoms with Crippen LogP contribution in [0.5, 0.6) is 0 Å². The van der Waals surface area contributed by atoms with Crippen LogP contribution in [0.3, 0.4) is 0 Å². The molecule has 0 bridgehead atoms. The van der Waals surface area contributed by atoms with E-state index in [4.69, 9.17) is 11.6 Å². The molecule has 0 saturated carbocycles. The smallest absolute Gasteiger partial charge is 0.125 e. The van der Waals surface area contributed by atoms with Crippen LogP contribution in [-0.4, -0.2) is 18.1 Å². The Morgan fingerprint density at radius 2 is 2.12 bits per heavy atom. The maximum atomic E-state index is 6.35. The van der Waals surface area contributed by atoms with Gasteiger partial charge >= 0.3 is 0 Å². The zero-order chi connectivity index (χ0) is 11.7. The summed E-state index contributed by atoms with van der Waals surface area (Å²) in [5, 5.41) is 7.28. The van der Waals surface area contributed by atoms with Crippen molar-refractivity contribution < 1.29 is 0 Å². The van der Waals surface area contributed by atoms with Crippen LogP contribution >= 0.6 is 22.9 Å². The first-order valence-electron chi connectivity index (χ1n) is 5.77. The number of hydrogen-bond donors (Lipinski definition) is 1. The maximum Gasteiger partial charge on any atom is 0.125 e. The van der Waals surface area contributed by atoms with E-state index >= 15 is 0 Å². The van der Waals surface area contributed by atoms with Gasteiger partial charge < -0.3 is 5.32 Å². The Labute approximate surface area is 110 Å². The molecule has 0 aliphatic carbocycles. The fourth-order valence-corrected chi connectivity index (χ4v) is 3.37. The highest BCUT2D eigenvalue weighted by molar-refractivity contribution is 7.13. The number of aromatic nitrogens is 1. The molecule has 88 valence electrons. The van der Waals surface area contributed by atoms with Crippen LogP contribution < -0.4 is 5.32 Å². The van der Waals surface area contributed by atoms with Crippen molar-refractivity contribution in [3.05, 3.63) is 39.9 Å². The second-order valence-corrected chi connectivity index (χ2v) is 5.45. The molecule has 4 heteroatoms. The number of halogens is 1. The molecular formula is C13H13ClN2S. The van der Waals surface area contributed by atoms with E-state index in [0.717, 1.165) is 41.5 Å². The molecule has 2 heterocycles. The Kier molecular flexibility index (Phi) is 3.14. The fraction of sp³-hybridized carbons (Fsp3) is 0.308. The summed E-state index contributed by atoms with van der Waals surface area (Å²) in [7, 11) is 0. The van der Waals surface area contributed by atoms with E-state index in [2.05, 4.69) is 16.4 Å². The van der Waals surface area contributed by atoms with Gasteiger partial charge in [-0.25, -0.2) is 4.98 Å². The van der Waals surface area contributed by atoms with Crippen molar-refractivity contribution in [2.24, 2.45) is 0 Å². The van der Waals surface area contributed by atoms with Crippen molar-refractivity contribution in [3.63, 3.8) is 0 Å². The van der Waals surface area contributed by atoms with Crippen LogP contribution in [0.2, 0.25) is 5.02 Å². The molecule has 0 saturated heterocycles. The zero-order valence-corrected chi connectivity index (χ0v) is 10.9. The summed E-state index contributed by atoms with van der Waals surface area (Å²) in [6.07, 6.45) is 3.94. The van der Waals surface area contributed by atoms with E-state index < -0.39 is 0 Å². The molecule has 0 radical (unpaired) electrons. The second-order valence-electron chi connectivity index (χ2n) is 4.15. The van der Waals surface area contributed by atoms with Crippen molar-refractivity contribution in [1.82, 2.24) is 10.3 Å². The predicted octanol–water partition coefficient (Wildman–Crippen LogP) is 3.15. The van der Waals surface area contributed by atoms with Crippen molar-refractivity contribution >= 4 is 22.9 Å². The van der Waals surface area contributed by atoms with Gasteiger partial charge in [-0.2, -0.15) is 0 Å². The van der Waals surface area contributed by atoms with Gasteiger partial charge in [0.25, 0.3) is 0 Å². The van der Waals surface area contributed by atoms with Crippen LogP contribution in [0.4, 0.5) is 0 Å². The molecule has 3 rings (SSSR count). The third-order valence-electron chi connectivity index (χ3n) is 3.13. The molecule has 17 heavy (non-hydrogen) atoms.